The predicted molar refractivity (Wildman–Crippen MR) is 107 cm³/mol. The Bertz CT molecular complexity index is 1080. The standard InChI is InChI=1S/C21H21FN2O3S/c1-28(26,27)24(14-16-9-11-19(22)12-10-16)15-21(25)23-13-18-7-4-6-17-5-2-3-8-20(17)18/h2-12H,13-15H2,1H3,(H,23,25). The van der Waals surface area contributed by atoms with Crippen LogP contribution in [0, 0.1) is 5.82 Å². The maximum Gasteiger partial charge on any atom is 0.235 e. The molecule has 0 aliphatic rings. The Balaban J connectivity index is 1.67. The highest BCUT2D eigenvalue weighted by molar-refractivity contribution is 7.88. The van der Waals surface area contributed by atoms with Crippen LogP contribution < -0.4 is 5.32 Å². The summed E-state index contributed by atoms with van der Waals surface area (Å²) in [7, 11) is -3.61. The molecular weight excluding hydrogens is 379 g/mol. The summed E-state index contributed by atoms with van der Waals surface area (Å²) >= 11 is 0. The van der Waals surface area contributed by atoms with E-state index in [0.29, 0.717) is 12.1 Å². The largest absolute Gasteiger partial charge is 0.351 e. The fourth-order valence-electron chi connectivity index (χ4n) is 2.94. The highest BCUT2D eigenvalue weighted by atomic mass is 32.2. The van der Waals surface area contributed by atoms with Crippen molar-refractivity contribution in [1.82, 2.24) is 9.62 Å². The first-order chi connectivity index (χ1) is 13.3. The van der Waals surface area contributed by atoms with E-state index < -0.39 is 21.7 Å². The van der Waals surface area contributed by atoms with Crippen LogP contribution in [0.5, 0.6) is 0 Å². The number of hydrogen-bond acceptors (Lipinski definition) is 3. The Labute approximate surface area is 163 Å². The highest BCUT2D eigenvalue weighted by Crippen LogP contribution is 2.18. The van der Waals surface area contributed by atoms with Gasteiger partial charge in [0.25, 0.3) is 0 Å². The Morgan fingerprint density at radius 3 is 2.39 bits per heavy atom. The summed E-state index contributed by atoms with van der Waals surface area (Å²) in [5, 5.41) is 4.89. The summed E-state index contributed by atoms with van der Waals surface area (Å²) in [4.78, 5) is 12.4. The molecule has 1 amide bonds. The average Bonchev–Trinajstić information content (AvgIpc) is 2.66. The van der Waals surface area contributed by atoms with Crippen molar-refractivity contribution in [3.8, 4) is 0 Å². The fourth-order valence-corrected chi connectivity index (χ4v) is 3.68. The van der Waals surface area contributed by atoms with Crippen molar-refractivity contribution in [2.75, 3.05) is 12.8 Å². The molecule has 28 heavy (non-hydrogen) atoms. The summed E-state index contributed by atoms with van der Waals surface area (Å²) in [5.74, 6) is -0.803. The van der Waals surface area contributed by atoms with E-state index in [1.807, 2.05) is 42.5 Å². The summed E-state index contributed by atoms with van der Waals surface area (Å²) in [5.41, 5.74) is 1.56. The highest BCUT2D eigenvalue weighted by Gasteiger charge is 2.20. The summed E-state index contributed by atoms with van der Waals surface area (Å²) in [6.07, 6.45) is 1.05. The van der Waals surface area contributed by atoms with Crippen molar-refractivity contribution < 1.29 is 17.6 Å². The minimum Gasteiger partial charge on any atom is -0.351 e. The van der Waals surface area contributed by atoms with Gasteiger partial charge in [0.1, 0.15) is 5.82 Å². The predicted octanol–water partition coefficient (Wildman–Crippen LogP) is 3.06. The minimum atomic E-state index is -3.61. The normalized spacial score (nSPS) is 11.7. The molecule has 0 aliphatic heterocycles. The lowest BCUT2D eigenvalue weighted by molar-refractivity contribution is -0.121. The Morgan fingerprint density at radius 2 is 1.68 bits per heavy atom. The van der Waals surface area contributed by atoms with Crippen LogP contribution in [0.4, 0.5) is 4.39 Å². The topological polar surface area (TPSA) is 66.5 Å². The first kappa shape index (κ1) is 20.0. The zero-order chi connectivity index (χ0) is 20.1. The molecule has 5 nitrogen and oxygen atoms in total. The average molecular weight is 400 g/mol. The van der Waals surface area contributed by atoms with Gasteiger partial charge in [-0.15, -0.1) is 0 Å². The maximum atomic E-state index is 13.0. The number of fused-ring (bicyclic) bond motifs is 1. The number of nitrogens with zero attached hydrogens (tertiary/aromatic N) is 1. The van der Waals surface area contributed by atoms with E-state index in [1.54, 1.807) is 0 Å². The first-order valence-corrected chi connectivity index (χ1v) is 10.6. The third kappa shape index (κ3) is 5.15. The van der Waals surface area contributed by atoms with E-state index in [2.05, 4.69) is 5.32 Å². The second kappa shape index (κ2) is 8.50. The molecule has 3 aromatic carbocycles. The van der Waals surface area contributed by atoms with Gasteiger partial charge in [0.15, 0.2) is 0 Å². The summed E-state index contributed by atoms with van der Waals surface area (Å²) < 4.78 is 38.2. The van der Waals surface area contributed by atoms with E-state index in [9.17, 15) is 17.6 Å². The van der Waals surface area contributed by atoms with Gasteiger partial charge in [-0.2, -0.15) is 4.31 Å². The molecule has 0 unspecified atom stereocenters. The number of rotatable bonds is 7. The molecule has 0 saturated carbocycles. The molecule has 0 saturated heterocycles. The van der Waals surface area contributed by atoms with Crippen LogP contribution in [-0.4, -0.2) is 31.4 Å². The second-order valence-corrected chi connectivity index (χ2v) is 8.55. The molecule has 0 fully saturated rings. The number of sulfonamides is 1. The Morgan fingerprint density at radius 1 is 1.00 bits per heavy atom. The smallest absolute Gasteiger partial charge is 0.235 e. The lowest BCUT2D eigenvalue weighted by atomic mass is 10.0. The van der Waals surface area contributed by atoms with E-state index in [4.69, 9.17) is 0 Å². The molecule has 7 heteroatoms. The van der Waals surface area contributed by atoms with Crippen LogP contribution in [0.15, 0.2) is 66.7 Å². The minimum absolute atomic E-state index is 0.000795. The Hall–Kier alpha value is -2.77. The third-order valence-electron chi connectivity index (χ3n) is 4.42. The molecule has 3 rings (SSSR count). The van der Waals surface area contributed by atoms with E-state index in [-0.39, 0.29) is 13.1 Å². The van der Waals surface area contributed by atoms with Crippen molar-refractivity contribution in [3.63, 3.8) is 0 Å². The van der Waals surface area contributed by atoms with E-state index >= 15 is 0 Å². The lowest BCUT2D eigenvalue weighted by Crippen LogP contribution is -2.39. The number of carbonyl (C=O) groups is 1. The van der Waals surface area contributed by atoms with Crippen LogP contribution in [0.25, 0.3) is 10.8 Å². The van der Waals surface area contributed by atoms with Gasteiger partial charge in [0.05, 0.1) is 12.8 Å². The van der Waals surface area contributed by atoms with E-state index in [0.717, 1.165) is 26.9 Å². The maximum absolute atomic E-state index is 13.0. The first-order valence-electron chi connectivity index (χ1n) is 8.76. The molecule has 3 aromatic rings. The van der Waals surface area contributed by atoms with Crippen molar-refractivity contribution in [2.24, 2.45) is 0 Å². The molecule has 0 bridgehead atoms. The second-order valence-electron chi connectivity index (χ2n) is 6.57. The molecule has 146 valence electrons. The van der Waals surface area contributed by atoms with Crippen LogP contribution in [0.1, 0.15) is 11.1 Å². The number of nitrogens with one attached hydrogen (secondary N) is 1. The molecule has 0 radical (unpaired) electrons. The van der Waals surface area contributed by atoms with Crippen LogP contribution in [0.2, 0.25) is 0 Å². The third-order valence-corrected chi connectivity index (χ3v) is 5.61. The summed E-state index contributed by atoms with van der Waals surface area (Å²) in [6, 6.07) is 19.2. The quantitative estimate of drug-likeness (QED) is 0.663. The van der Waals surface area contributed by atoms with Crippen molar-refractivity contribution in [2.45, 2.75) is 13.1 Å². The molecule has 0 atom stereocenters. The van der Waals surface area contributed by atoms with Crippen molar-refractivity contribution >= 4 is 26.7 Å². The van der Waals surface area contributed by atoms with Gasteiger partial charge in [-0.1, -0.05) is 54.6 Å². The van der Waals surface area contributed by atoms with Gasteiger partial charge in [-0.3, -0.25) is 4.79 Å². The lowest BCUT2D eigenvalue weighted by Gasteiger charge is -2.20. The van der Waals surface area contributed by atoms with E-state index in [1.165, 1.54) is 24.3 Å². The van der Waals surface area contributed by atoms with Gasteiger partial charge in [0, 0.05) is 13.1 Å². The molecule has 0 heterocycles. The SMILES string of the molecule is CS(=O)(=O)N(CC(=O)NCc1cccc2ccccc12)Cc1ccc(F)cc1. The molecular formula is C21H21FN2O3S. The molecule has 1 N–H and O–H groups in total. The monoisotopic (exact) mass is 400 g/mol. The van der Waals surface area contributed by atoms with Crippen LogP contribution in [0.3, 0.4) is 0 Å². The zero-order valence-corrected chi connectivity index (χ0v) is 16.2. The van der Waals surface area contributed by atoms with Gasteiger partial charge >= 0.3 is 0 Å². The fraction of sp³-hybridized carbons (Fsp3) is 0.190. The summed E-state index contributed by atoms with van der Waals surface area (Å²) in [6.45, 7) is -0.00386. The van der Waals surface area contributed by atoms with Gasteiger partial charge in [-0.25, -0.2) is 12.8 Å². The number of hydrogen-bond donors (Lipinski definition) is 1. The molecule has 0 aromatic heterocycles. The number of amides is 1. The van der Waals surface area contributed by atoms with Crippen LogP contribution in [-0.2, 0) is 27.9 Å². The molecule has 0 spiro atoms. The van der Waals surface area contributed by atoms with Crippen LogP contribution >= 0.6 is 0 Å². The number of halogens is 1. The van der Waals surface area contributed by atoms with Gasteiger partial charge in [0.2, 0.25) is 15.9 Å². The van der Waals surface area contributed by atoms with Gasteiger partial charge < -0.3 is 5.32 Å². The van der Waals surface area contributed by atoms with Gasteiger partial charge in [-0.05, 0) is 34.0 Å². The zero-order valence-electron chi connectivity index (χ0n) is 15.4. The van der Waals surface area contributed by atoms with Crippen molar-refractivity contribution in [3.05, 3.63) is 83.7 Å². The number of benzene rings is 3. The van der Waals surface area contributed by atoms with Crippen molar-refractivity contribution in [1.29, 1.82) is 0 Å². The molecule has 0 aliphatic carbocycles. The number of carbonyl (C=O) groups excluding carboxylic acids is 1. The Kier molecular flexibility index (Phi) is 6.06.